The smallest absolute Gasteiger partial charge is 0.259 e. The average Bonchev–Trinajstić information content (AvgIpc) is 3.07. The van der Waals surface area contributed by atoms with Gasteiger partial charge in [0, 0.05) is 16.3 Å². The molecule has 0 aliphatic rings. The maximum absolute atomic E-state index is 12.4. The first-order chi connectivity index (χ1) is 11.2. The number of aromatic amines is 1. The molecule has 0 unspecified atom stereocenters. The Hall–Kier alpha value is -2.79. The molecule has 0 atom stereocenters. The van der Waals surface area contributed by atoms with Gasteiger partial charge in [0.05, 0.1) is 24.6 Å². The summed E-state index contributed by atoms with van der Waals surface area (Å²) < 4.78 is 5.14. The van der Waals surface area contributed by atoms with Gasteiger partial charge >= 0.3 is 0 Å². The number of amides is 1. The zero-order valence-corrected chi connectivity index (χ0v) is 13.1. The Morgan fingerprint density at radius 1 is 1.13 bits per heavy atom. The van der Waals surface area contributed by atoms with Crippen LogP contribution in [0.1, 0.15) is 10.4 Å². The van der Waals surface area contributed by atoms with Crippen LogP contribution in [-0.2, 0) is 0 Å². The van der Waals surface area contributed by atoms with Crippen molar-refractivity contribution < 1.29 is 9.53 Å². The lowest BCUT2D eigenvalue weighted by atomic mass is 10.1. The van der Waals surface area contributed by atoms with Crippen molar-refractivity contribution >= 4 is 23.2 Å². The summed E-state index contributed by atoms with van der Waals surface area (Å²) in [6.07, 6.45) is 1.50. The zero-order chi connectivity index (χ0) is 16.2. The topological polar surface area (TPSA) is 67.0 Å². The third-order valence-corrected chi connectivity index (χ3v) is 3.62. The molecule has 0 saturated heterocycles. The quantitative estimate of drug-likeness (QED) is 0.761. The lowest BCUT2D eigenvalue weighted by molar-refractivity contribution is 0.102. The number of ether oxygens (including phenoxy) is 1. The molecule has 6 heteroatoms. The number of carbonyl (C=O) groups is 1. The molecule has 116 valence electrons. The van der Waals surface area contributed by atoms with Gasteiger partial charge in [0.1, 0.15) is 5.75 Å². The van der Waals surface area contributed by atoms with Gasteiger partial charge in [-0.15, -0.1) is 0 Å². The molecular weight excluding hydrogens is 314 g/mol. The molecule has 1 aromatic heterocycles. The van der Waals surface area contributed by atoms with Crippen LogP contribution >= 0.6 is 11.6 Å². The summed E-state index contributed by atoms with van der Waals surface area (Å²) in [6.45, 7) is 0. The molecule has 0 aliphatic heterocycles. The minimum absolute atomic E-state index is 0.244. The van der Waals surface area contributed by atoms with Crippen molar-refractivity contribution in [3.8, 4) is 17.0 Å². The number of hydrogen-bond donors (Lipinski definition) is 2. The van der Waals surface area contributed by atoms with Crippen molar-refractivity contribution in [2.75, 3.05) is 12.4 Å². The molecule has 5 nitrogen and oxygen atoms in total. The van der Waals surface area contributed by atoms with Crippen LogP contribution in [0, 0.1) is 0 Å². The minimum atomic E-state index is -0.244. The van der Waals surface area contributed by atoms with Crippen molar-refractivity contribution in [2.24, 2.45) is 0 Å². The first-order valence-electron chi connectivity index (χ1n) is 6.92. The van der Waals surface area contributed by atoms with Gasteiger partial charge in [-0.2, -0.15) is 5.10 Å². The second-order valence-electron chi connectivity index (χ2n) is 4.85. The summed E-state index contributed by atoms with van der Waals surface area (Å²) in [7, 11) is 1.61. The van der Waals surface area contributed by atoms with Crippen LogP contribution in [0.3, 0.4) is 0 Å². The van der Waals surface area contributed by atoms with Crippen molar-refractivity contribution in [1.29, 1.82) is 0 Å². The summed E-state index contributed by atoms with van der Waals surface area (Å²) in [4.78, 5) is 12.4. The van der Waals surface area contributed by atoms with Crippen LogP contribution in [0.25, 0.3) is 11.3 Å². The fourth-order valence-corrected chi connectivity index (χ4v) is 2.29. The summed E-state index contributed by atoms with van der Waals surface area (Å²) >= 11 is 5.84. The lowest BCUT2D eigenvalue weighted by Gasteiger charge is -2.07. The standard InChI is InChI=1S/C17H14ClN3O2/c1-23-14-8-2-11(3-9-14)16-15(10-19-21-16)17(22)20-13-6-4-12(18)5-7-13/h2-10H,1H3,(H,19,21)(H,20,22). The number of carbonyl (C=O) groups excluding carboxylic acids is 1. The molecule has 2 aromatic carbocycles. The van der Waals surface area contributed by atoms with E-state index in [-0.39, 0.29) is 5.91 Å². The van der Waals surface area contributed by atoms with Gasteiger partial charge in [0.2, 0.25) is 0 Å². The van der Waals surface area contributed by atoms with E-state index in [1.54, 1.807) is 31.4 Å². The molecule has 0 saturated carbocycles. The fourth-order valence-electron chi connectivity index (χ4n) is 2.17. The van der Waals surface area contributed by atoms with E-state index >= 15 is 0 Å². The second kappa shape index (κ2) is 6.54. The number of nitrogens with zero attached hydrogens (tertiary/aromatic N) is 1. The van der Waals surface area contributed by atoms with Crippen molar-refractivity contribution in [2.45, 2.75) is 0 Å². The molecule has 0 bridgehead atoms. The molecule has 23 heavy (non-hydrogen) atoms. The van der Waals surface area contributed by atoms with Crippen LogP contribution in [0.5, 0.6) is 5.75 Å². The highest BCUT2D eigenvalue weighted by atomic mass is 35.5. The average molecular weight is 328 g/mol. The first kappa shape index (κ1) is 15.1. The molecule has 0 fully saturated rings. The van der Waals surface area contributed by atoms with E-state index in [9.17, 15) is 4.79 Å². The SMILES string of the molecule is COc1ccc(-c2[nH]ncc2C(=O)Nc2ccc(Cl)cc2)cc1. The van der Waals surface area contributed by atoms with Crippen molar-refractivity contribution in [1.82, 2.24) is 10.2 Å². The van der Waals surface area contributed by atoms with Gasteiger partial charge in [0.15, 0.2) is 0 Å². The second-order valence-corrected chi connectivity index (χ2v) is 5.28. The van der Waals surface area contributed by atoms with Gasteiger partial charge in [-0.1, -0.05) is 11.6 Å². The number of methoxy groups -OCH3 is 1. The third-order valence-electron chi connectivity index (χ3n) is 3.36. The largest absolute Gasteiger partial charge is 0.497 e. The summed E-state index contributed by atoms with van der Waals surface area (Å²) in [5.41, 5.74) is 2.63. The molecule has 1 heterocycles. The van der Waals surface area contributed by atoms with E-state index in [1.165, 1.54) is 6.20 Å². The highest BCUT2D eigenvalue weighted by Crippen LogP contribution is 2.24. The van der Waals surface area contributed by atoms with E-state index in [0.29, 0.717) is 22.0 Å². The Morgan fingerprint density at radius 2 is 1.83 bits per heavy atom. The fraction of sp³-hybridized carbons (Fsp3) is 0.0588. The number of anilines is 1. The Labute approximate surface area is 138 Å². The summed E-state index contributed by atoms with van der Waals surface area (Å²) in [5, 5.41) is 10.3. The Bertz CT molecular complexity index is 811. The van der Waals surface area contributed by atoms with E-state index in [1.807, 2.05) is 24.3 Å². The van der Waals surface area contributed by atoms with Gasteiger partial charge < -0.3 is 10.1 Å². The lowest BCUT2D eigenvalue weighted by Crippen LogP contribution is -2.12. The van der Waals surface area contributed by atoms with E-state index in [2.05, 4.69) is 15.5 Å². The van der Waals surface area contributed by atoms with Gasteiger partial charge in [-0.05, 0) is 48.5 Å². The highest BCUT2D eigenvalue weighted by molar-refractivity contribution is 6.30. The normalized spacial score (nSPS) is 10.3. The third kappa shape index (κ3) is 3.35. The Morgan fingerprint density at radius 3 is 2.48 bits per heavy atom. The van der Waals surface area contributed by atoms with Crippen LogP contribution in [0.15, 0.2) is 54.7 Å². The molecule has 0 spiro atoms. The minimum Gasteiger partial charge on any atom is -0.497 e. The number of aromatic nitrogens is 2. The first-order valence-corrected chi connectivity index (χ1v) is 7.30. The maximum Gasteiger partial charge on any atom is 0.259 e. The highest BCUT2D eigenvalue weighted by Gasteiger charge is 2.15. The van der Waals surface area contributed by atoms with Crippen LogP contribution in [0.4, 0.5) is 5.69 Å². The predicted molar refractivity (Wildman–Crippen MR) is 90.0 cm³/mol. The molecule has 0 radical (unpaired) electrons. The van der Waals surface area contributed by atoms with E-state index in [0.717, 1.165) is 11.3 Å². The van der Waals surface area contributed by atoms with Gasteiger partial charge in [-0.3, -0.25) is 9.89 Å². The molecule has 2 N–H and O–H groups in total. The Kier molecular flexibility index (Phi) is 4.30. The number of nitrogens with one attached hydrogen (secondary N) is 2. The number of H-pyrrole nitrogens is 1. The molecule has 1 amide bonds. The molecule has 3 aromatic rings. The number of hydrogen-bond acceptors (Lipinski definition) is 3. The number of halogens is 1. The molecule has 0 aliphatic carbocycles. The van der Waals surface area contributed by atoms with E-state index in [4.69, 9.17) is 16.3 Å². The van der Waals surface area contributed by atoms with Crippen LogP contribution in [-0.4, -0.2) is 23.2 Å². The monoisotopic (exact) mass is 327 g/mol. The van der Waals surface area contributed by atoms with Gasteiger partial charge in [0.25, 0.3) is 5.91 Å². The number of benzene rings is 2. The van der Waals surface area contributed by atoms with Crippen molar-refractivity contribution in [3.63, 3.8) is 0 Å². The van der Waals surface area contributed by atoms with Gasteiger partial charge in [-0.25, -0.2) is 0 Å². The van der Waals surface area contributed by atoms with E-state index < -0.39 is 0 Å². The Balaban J connectivity index is 1.84. The zero-order valence-electron chi connectivity index (χ0n) is 12.3. The predicted octanol–water partition coefficient (Wildman–Crippen LogP) is 3.99. The molecular formula is C17H14ClN3O2. The van der Waals surface area contributed by atoms with Crippen LogP contribution in [0.2, 0.25) is 5.02 Å². The maximum atomic E-state index is 12.4. The summed E-state index contributed by atoms with van der Waals surface area (Å²) in [6, 6.07) is 14.3. The summed E-state index contributed by atoms with van der Waals surface area (Å²) in [5.74, 6) is 0.507. The molecule has 3 rings (SSSR count). The number of rotatable bonds is 4. The van der Waals surface area contributed by atoms with Crippen LogP contribution < -0.4 is 10.1 Å². The van der Waals surface area contributed by atoms with Crippen molar-refractivity contribution in [3.05, 3.63) is 65.3 Å².